The molecule has 3 atom stereocenters. The fraction of sp³-hybridized carbons (Fsp3) is 0.407. The highest BCUT2D eigenvalue weighted by Crippen LogP contribution is 2.30. The van der Waals surface area contributed by atoms with Crippen LogP contribution >= 0.6 is 0 Å². The summed E-state index contributed by atoms with van der Waals surface area (Å²) in [6, 6.07) is 9.21. The zero-order chi connectivity index (χ0) is 24.8. The van der Waals surface area contributed by atoms with E-state index in [1.165, 1.54) is 35.2 Å². The van der Waals surface area contributed by atoms with Crippen molar-refractivity contribution in [2.75, 3.05) is 6.54 Å². The number of H-pyrrole nitrogens is 1. The number of amides is 1. The number of nitrogens with one attached hydrogen (secondary N) is 3. The van der Waals surface area contributed by atoms with Crippen molar-refractivity contribution >= 4 is 5.91 Å². The zero-order valence-electron chi connectivity index (χ0n) is 19.9. The van der Waals surface area contributed by atoms with E-state index in [4.69, 9.17) is 0 Å². The molecule has 0 saturated heterocycles. The van der Waals surface area contributed by atoms with E-state index in [0.717, 1.165) is 31.7 Å². The minimum atomic E-state index is -0.966. The molecule has 1 aliphatic carbocycles. The Balaban J connectivity index is 1.46. The van der Waals surface area contributed by atoms with Crippen LogP contribution in [0, 0.1) is 11.6 Å². The Bertz CT molecular complexity index is 1120. The number of benzene rings is 2. The third-order valence-electron chi connectivity index (χ3n) is 6.60. The van der Waals surface area contributed by atoms with Gasteiger partial charge < -0.3 is 20.7 Å². The third-order valence-corrected chi connectivity index (χ3v) is 6.60. The highest BCUT2D eigenvalue weighted by atomic mass is 19.1. The van der Waals surface area contributed by atoms with Gasteiger partial charge in [0.05, 0.1) is 24.9 Å². The number of nitrogens with zero attached hydrogens (tertiary/aromatic N) is 1. The molecule has 0 aliphatic heterocycles. The standard InChI is InChI=1S/C27H32F2N4O2/c1-2-17-6-7-19-4-3-5-24(23(19)10-17)31-15-26(34)25(11-18-8-20(28)12-21(29)9-18)33-27(35)13-22-14-30-16-32-22/h6-10,12,14,16,24-26,31,34H,2-5,11,13,15H2,1H3,(H,30,32)(H,33,35)/t24-,25+,26+/m1/s1. The molecule has 35 heavy (non-hydrogen) atoms. The third kappa shape index (κ3) is 6.74. The fourth-order valence-electron chi connectivity index (χ4n) is 4.76. The summed E-state index contributed by atoms with van der Waals surface area (Å²) in [5.74, 6) is -1.70. The van der Waals surface area contributed by atoms with Gasteiger partial charge in [-0.05, 0) is 66.5 Å². The fourth-order valence-corrected chi connectivity index (χ4v) is 4.76. The normalized spacial score (nSPS) is 17.0. The van der Waals surface area contributed by atoms with E-state index < -0.39 is 23.8 Å². The van der Waals surface area contributed by atoms with Crippen molar-refractivity contribution in [1.82, 2.24) is 20.6 Å². The van der Waals surface area contributed by atoms with Crippen LogP contribution in [0.15, 0.2) is 48.9 Å². The molecule has 1 aliphatic rings. The van der Waals surface area contributed by atoms with Crippen molar-refractivity contribution in [3.8, 4) is 0 Å². The van der Waals surface area contributed by atoms with Gasteiger partial charge in [-0.3, -0.25) is 4.79 Å². The monoisotopic (exact) mass is 482 g/mol. The molecule has 0 radical (unpaired) electrons. The minimum absolute atomic E-state index is 0.0595. The molecule has 4 rings (SSSR count). The predicted octanol–water partition coefficient (Wildman–Crippen LogP) is 3.55. The van der Waals surface area contributed by atoms with Crippen LogP contribution in [0.3, 0.4) is 0 Å². The molecule has 0 fully saturated rings. The first-order chi connectivity index (χ1) is 16.9. The Labute approximate surface area is 204 Å². The Morgan fingerprint density at radius 1 is 1.20 bits per heavy atom. The Morgan fingerprint density at radius 2 is 2.00 bits per heavy atom. The van der Waals surface area contributed by atoms with Gasteiger partial charge in [0.25, 0.3) is 0 Å². The molecule has 0 spiro atoms. The number of carbonyl (C=O) groups excluding carboxylic acids is 1. The van der Waals surface area contributed by atoms with Crippen molar-refractivity contribution in [2.24, 2.45) is 0 Å². The maximum Gasteiger partial charge on any atom is 0.226 e. The van der Waals surface area contributed by atoms with E-state index in [1.807, 2.05) is 0 Å². The summed E-state index contributed by atoms with van der Waals surface area (Å²) in [7, 11) is 0. The summed E-state index contributed by atoms with van der Waals surface area (Å²) < 4.78 is 27.5. The van der Waals surface area contributed by atoms with Gasteiger partial charge in [0.2, 0.25) is 5.91 Å². The van der Waals surface area contributed by atoms with Gasteiger partial charge in [0.15, 0.2) is 0 Å². The molecule has 1 heterocycles. The van der Waals surface area contributed by atoms with E-state index in [0.29, 0.717) is 11.3 Å². The van der Waals surface area contributed by atoms with E-state index >= 15 is 0 Å². The van der Waals surface area contributed by atoms with Crippen molar-refractivity contribution in [1.29, 1.82) is 0 Å². The number of carbonyl (C=O) groups is 1. The van der Waals surface area contributed by atoms with Gasteiger partial charge in [-0.15, -0.1) is 0 Å². The molecule has 1 amide bonds. The largest absolute Gasteiger partial charge is 0.390 e. The highest BCUT2D eigenvalue weighted by molar-refractivity contribution is 5.78. The Morgan fingerprint density at radius 3 is 2.71 bits per heavy atom. The summed E-state index contributed by atoms with van der Waals surface area (Å²) in [4.78, 5) is 19.4. The number of aromatic amines is 1. The average Bonchev–Trinajstić information content (AvgIpc) is 3.34. The molecule has 0 bridgehead atoms. The van der Waals surface area contributed by atoms with Crippen LogP contribution in [0.4, 0.5) is 8.78 Å². The maximum atomic E-state index is 13.8. The van der Waals surface area contributed by atoms with Gasteiger partial charge >= 0.3 is 0 Å². The summed E-state index contributed by atoms with van der Waals surface area (Å²) in [6.45, 7) is 2.36. The van der Waals surface area contributed by atoms with Crippen LogP contribution in [0.1, 0.15) is 53.8 Å². The molecule has 8 heteroatoms. The van der Waals surface area contributed by atoms with Crippen LogP contribution in [0.2, 0.25) is 0 Å². The van der Waals surface area contributed by atoms with Gasteiger partial charge in [-0.25, -0.2) is 13.8 Å². The van der Waals surface area contributed by atoms with Gasteiger partial charge in [-0.1, -0.05) is 25.1 Å². The number of aliphatic hydroxyl groups is 1. The lowest BCUT2D eigenvalue weighted by Crippen LogP contribution is -2.49. The number of imidazole rings is 1. The lowest BCUT2D eigenvalue weighted by molar-refractivity contribution is -0.122. The summed E-state index contributed by atoms with van der Waals surface area (Å²) in [5.41, 5.74) is 4.85. The quantitative estimate of drug-likeness (QED) is 0.356. The maximum absolute atomic E-state index is 13.8. The summed E-state index contributed by atoms with van der Waals surface area (Å²) in [5, 5.41) is 17.4. The molecule has 2 aromatic carbocycles. The Hall–Kier alpha value is -3.10. The lowest BCUT2D eigenvalue weighted by atomic mass is 9.86. The zero-order valence-corrected chi connectivity index (χ0v) is 19.9. The molecule has 0 saturated carbocycles. The first kappa shape index (κ1) is 25.0. The topological polar surface area (TPSA) is 90.0 Å². The van der Waals surface area contributed by atoms with Crippen LogP contribution in [0.25, 0.3) is 0 Å². The molecular weight excluding hydrogens is 450 g/mol. The molecule has 0 unspecified atom stereocenters. The minimum Gasteiger partial charge on any atom is -0.390 e. The number of aliphatic hydroxyl groups excluding tert-OH is 1. The van der Waals surface area contributed by atoms with Crippen molar-refractivity contribution in [2.45, 2.75) is 63.6 Å². The van der Waals surface area contributed by atoms with Crippen LogP contribution in [-0.4, -0.2) is 39.7 Å². The number of rotatable bonds is 10. The van der Waals surface area contributed by atoms with E-state index in [1.54, 1.807) is 6.20 Å². The second-order valence-corrected chi connectivity index (χ2v) is 9.22. The molecule has 4 N–H and O–H groups in total. The number of fused-ring (bicyclic) bond motifs is 1. The number of aryl methyl sites for hydroxylation is 2. The molecular formula is C27H32F2N4O2. The molecule has 6 nitrogen and oxygen atoms in total. The van der Waals surface area contributed by atoms with Gasteiger partial charge in [0.1, 0.15) is 11.6 Å². The van der Waals surface area contributed by atoms with Gasteiger partial charge in [-0.2, -0.15) is 0 Å². The molecule has 186 valence electrons. The summed E-state index contributed by atoms with van der Waals surface area (Å²) in [6.07, 6.45) is 6.23. The molecule has 3 aromatic rings. The van der Waals surface area contributed by atoms with Crippen molar-refractivity contribution in [3.05, 3.63) is 88.5 Å². The van der Waals surface area contributed by atoms with Crippen LogP contribution in [-0.2, 0) is 30.5 Å². The van der Waals surface area contributed by atoms with E-state index in [9.17, 15) is 18.7 Å². The smallest absolute Gasteiger partial charge is 0.226 e. The summed E-state index contributed by atoms with van der Waals surface area (Å²) >= 11 is 0. The second kappa shape index (κ2) is 11.6. The van der Waals surface area contributed by atoms with Crippen molar-refractivity contribution in [3.63, 3.8) is 0 Å². The highest BCUT2D eigenvalue weighted by Gasteiger charge is 2.26. The number of hydrogen-bond donors (Lipinski definition) is 4. The number of halogens is 2. The average molecular weight is 483 g/mol. The van der Waals surface area contributed by atoms with Crippen LogP contribution in [0.5, 0.6) is 0 Å². The first-order valence-electron chi connectivity index (χ1n) is 12.2. The second-order valence-electron chi connectivity index (χ2n) is 9.22. The SMILES string of the molecule is CCc1ccc2c(c1)[C@H](NC[C@H](O)[C@H](Cc1cc(F)cc(F)c1)NC(=O)Cc1cnc[nH]1)CCC2. The number of hydrogen-bond acceptors (Lipinski definition) is 4. The predicted molar refractivity (Wildman–Crippen MR) is 130 cm³/mol. The van der Waals surface area contributed by atoms with Gasteiger partial charge in [0, 0.05) is 30.5 Å². The first-order valence-corrected chi connectivity index (χ1v) is 12.2. The van der Waals surface area contributed by atoms with Crippen molar-refractivity contribution < 1.29 is 18.7 Å². The Kier molecular flexibility index (Phi) is 8.25. The number of aromatic nitrogens is 2. The van der Waals surface area contributed by atoms with Crippen LogP contribution < -0.4 is 10.6 Å². The lowest BCUT2D eigenvalue weighted by Gasteiger charge is -2.30. The van der Waals surface area contributed by atoms with E-state index in [2.05, 4.69) is 45.7 Å². The molecule has 1 aromatic heterocycles. The van der Waals surface area contributed by atoms with E-state index in [-0.39, 0.29) is 31.3 Å².